The van der Waals surface area contributed by atoms with Crippen LogP contribution in [0.2, 0.25) is 0 Å². The number of rotatable bonds is 7. The zero-order valence-corrected chi connectivity index (χ0v) is 17.2. The summed E-state index contributed by atoms with van der Waals surface area (Å²) in [4.78, 5) is 12.2. The topological polar surface area (TPSA) is 86.3 Å². The van der Waals surface area contributed by atoms with Crippen molar-refractivity contribution in [1.82, 2.24) is 0 Å². The monoisotopic (exact) mass is 419 g/mol. The van der Waals surface area contributed by atoms with Crippen molar-refractivity contribution < 1.29 is 14.3 Å². The zero-order chi connectivity index (χ0) is 21.2. The van der Waals surface area contributed by atoms with Crippen LogP contribution in [0.3, 0.4) is 0 Å². The second-order valence-corrected chi connectivity index (χ2v) is 7.12. The Morgan fingerprint density at radius 1 is 1.00 bits per heavy atom. The number of nitrogens with two attached hydrogens (primary N) is 1. The summed E-state index contributed by atoms with van der Waals surface area (Å²) in [6.07, 6.45) is 1.56. The molecule has 6 nitrogen and oxygen atoms in total. The van der Waals surface area contributed by atoms with Gasteiger partial charge in [-0.05, 0) is 41.5 Å². The van der Waals surface area contributed by atoms with Gasteiger partial charge in [0.1, 0.15) is 0 Å². The molecule has 7 heteroatoms. The zero-order valence-electron chi connectivity index (χ0n) is 16.4. The molecule has 0 saturated heterocycles. The van der Waals surface area contributed by atoms with Gasteiger partial charge in [0, 0.05) is 5.75 Å². The van der Waals surface area contributed by atoms with Gasteiger partial charge in [0.25, 0.3) is 0 Å². The number of carbonyl (C=O) groups excluding carboxylic acids is 1. The molecule has 0 radical (unpaired) electrons. The summed E-state index contributed by atoms with van der Waals surface area (Å²) in [5.41, 5.74) is 8.25. The fraction of sp³-hybridized carbons (Fsp3) is 0.0870. The predicted molar refractivity (Wildman–Crippen MR) is 121 cm³/mol. The van der Waals surface area contributed by atoms with E-state index in [-0.39, 0.29) is 0 Å². The van der Waals surface area contributed by atoms with Crippen LogP contribution in [0.15, 0.2) is 89.1 Å². The normalized spacial score (nSPS) is 11.4. The van der Waals surface area contributed by atoms with Crippen LogP contribution >= 0.6 is 11.8 Å². The molecule has 3 aromatic carbocycles. The maximum Gasteiger partial charge on any atom is 0.343 e. The summed E-state index contributed by atoms with van der Waals surface area (Å²) >= 11 is 1.41. The standard InChI is InChI=1S/C23H21N3O3S/c1-28-21-14-18(12-13-20(21)29-22(27)19-10-6-3-7-11-19)15-25-26-23(24)30-16-17-8-4-2-5-9-17/h2-15H,16H2,1H3,(H2,24,26). The lowest BCUT2D eigenvalue weighted by Gasteiger charge is -2.09. The molecule has 0 aliphatic rings. The molecule has 0 amide bonds. The van der Waals surface area contributed by atoms with Crippen LogP contribution in [0.1, 0.15) is 21.5 Å². The molecule has 0 aliphatic carbocycles. The maximum atomic E-state index is 12.2. The minimum absolute atomic E-state index is 0.324. The van der Waals surface area contributed by atoms with Crippen LogP contribution in [0.25, 0.3) is 0 Å². The number of carbonyl (C=O) groups is 1. The predicted octanol–water partition coefficient (Wildman–Crippen LogP) is 4.50. The highest BCUT2D eigenvalue weighted by Crippen LogP contribution is 2.28. The van der Waals surface area contributed by atoms with Crippen molar-refractivity contribution >= 4 is 29.1 Å². The number of hydrogen-bond donors (Lipinski definition) is 1. The fourth-order valence-corrected chi connectivity index (χ4v) is 3.11. The lowest BCUT2D eigenvalue weighted by Crippen LogP contribution is -2.09. The highest BCUT2D eigenvalue weighted by molar-refractivity contribution is 8.13. The first-order valence-corrected chi connectivity index (χ1v) is 10.1. The molecule has 3 aromatic rings. The van der Waals surface area contributed by atoms with Gasteiger partial charge in [0.15, 0.2) is 16.7 Å². The number of methoxy groups -OCH3 is 1. The molecule has 30 heavy (non-hydrogen) atoms. The van der Waals surface area contributed by atoms with E-state index in [0.717, 1.165) is 16.9 Å². The Kier molecular flexibility index (Phi) is 7.63. The first-order valence-electron chi connectivity index (χ1n) is 9.14. The van der Waals surface area contributed by atoms with Gasteiger partial charge in [-0.3, -0.25) is 0 Å². The van der Waals surface area contributed by atoms with Crippen molar-refractivity contribution in [3.8, 4) is 11.5 Å². The average molecular weight is 420 g/mol. The van der Waals surface area contributed by atoms with Gasteiger partial charge >= 0.3 is 5.97 Å². The molecule has 0 unspecified atom stereocenters. The van der Waals surface area contributed by atoms with Gasteiger partial charge in [0.05, 0.1) is 18.9 Å². The van der Waals surface area contributed by atoms with E-state index in [0.29, 0.717) is 22.2 Å². The number of nitrogens with zero attached hydrogens (tertiary/aromatic N) is 2. The third-order valence-corrected chi connectivity index (χ3v) is 4.85. The fourth-order valence-electron chi connectivity index (χ4n) is 2.49. The summed E-state index contributed by atoms with van der Waals surface area (Å²) in [6.45, 7) is 0. The third-order valence-electron chi connectivity index (χ3n) is 3.99. The summed E-state index contributed by atoms with van der Waals surface area (Å²) in [6, 6.07) is 23.9. The number of amidine groups is 1. The van der Waals surface area contributed by atoms with E-state index in [1.54, 1.807) is 48.7 Å². The van der Waals surface area contributed by atoms with Crippen molar-refractivity contribution in [3.05, 3.63) is 95.6 Å². The molecule has 0 atom stereocenters. The first-order chi connectivity index (χ1) is 14.7. The Morgan fingerprint density at radius 2 is 1.70 bits per heavy atom. The summed E-state index contributed by atoms with van der Waals surface area (Å²) in [7, 11) is 1.51. The van der Waals surface area contributed by atoms with Gasteiger partial charge in [-0.2, -0.15) is 5.10 Å². The highest BCUT2D eigenvalue weighted by atomic mass is 32.2. The van der Waals surface area contributed by atoms with Crippen molar-refractivity contribution in [3.63, 3.8) is 0 Å². The minimum Gasteiger partial charge on any atom is -0.493 e. The van der Waals surface area contributed by atoms with Crippen molar-refractivity contribution in [2.24, 2.45) is 15.9 Å². The summed E-state index contributed by atoms with van der Waals surface area (Å²) in [5, 5.41) is 8.39. The molecule has 0 aliphatic heterocycles. The van der Waals surface area contributed by atoms with Crippen LogP contribution < -0.4 is 15.2 Å². The number of esters is 1. The van der Waals surface area contributed by atoms with E-state index in [4.69, 9.17) is 15.2 Å². The SMILES string of the molecule is COc1cc(C=NN=C(N)SCc2ccccc2)ccc1OC(=O)c1ccccc1. The Hall–Kier alpha value is -3.58. The van der Waals surface area contributed by atoms with Gasteiger partial charge in [-0.25, -0.2) is 4.79 Å². The van der Waals surface area contributed by atoms with E-state index >= 15 is 0 Å². The third kappa shape index (κ3) is 6.22. The smallest absolute Gasteiger partial charge is 0.343 e. The summed E-state index contributed by atoms with van der Waals surface area (Å²) in [5.74, 6) is 1.01. The minimum atomic E-state index is -0.455. The molecule has 0 bridgehead atoms. The van der Waals surface area contributed by atoms with Gasteiger partial charge in [-0.15, -0.1) is 5.10 Å². The number of thioether (sulfide) groups is 1. The molecule has 0 fully saturated rings. The van der Waals surface area contributed by atoms with Crippen LogP contribution in [0.4, 0.5) is 0 Å². The van der Waals surface area contributed by atoms with E-state index in [1.807, 2.05) is 36.4 Å². The molecular weight excluding hydrogens is 398 g/mol. The van der Waals surface area contributed by atoms with Crippen LogP contribution in [0, 0.1) is 0 Å². The Bertz CT molecular complexity index is 1040. The second-order valence-electron chi connectivity index (χ2n) is 6.12. The van der Waals surface area contributed by atoms with Crippen molar-refractivity contribution in [2.75, 3.05) is 7.11 Å². The average Bonchev–Trinajstić information content (AvgIpc) is 2.79. The van der Waals surface area contributed by atoms with E-state index < -0.39 is 5.97 Å². The Labute approximate surface area is 179 Å². The van der Waals surface area contributed by atoms with E-state index in [2.05, 4.69) is 10.2 Å². The Morgan fingerprint density at radius 3 is 2.40 bits per heavy atom. The molecule has 0 saturated carbocycles. The quantitative estimate of drug-likeness (QED) is 0.200. The Balaban J connectivity index is 1.61. The van der Waals surface area contributed by atoms with Gasteiger partial charge < -0.3 is 15.2 Å². The second kappa shape index (κ2) is 10.8. The van der Waals surface area contributed by atoms with Crippen molar-refractivity contribution in [2.45, 2.75) is 5.75 Å². The molecule has 3 rings (SSSR count). The van der Waals surface area contributed by atoms with E-state index in [9.17, 15) is 4.79 Å². The van der Waals surface area contributed by atoms with Crippen LogP contribution in [-0.2, 0) is 5.75 Å². The largest absolute Gasteiger partial charge is 0.493 e. The molecule has 0 aromatic heterocycles. The summed E-state index contributed by atoms with van der Waals surface area (Å²) < 4.78 is 10.8. The molecular formula is C23H21N3O3S. The lowest BCUT2D eigenvalue weighted by molar-refractivity contribution is 0.0729. The highest BCUT2D eigenvalue weighted by Gasteiger charge is 2.12. The molecule has 0 heterocycles. The number of benzene rings is 3. The first kappa shape index (κ1) is 21.1. The molecule has 2 N–H and O–H groups in total. The lowest BCUT2D eigenvalue weighted by atomic mass is 10.2. The van der Waals surface area contributed by atoms with E-state index in [1.165, 1.54) is 18.9 Å². The van der Waals surface area contributed by atoms with Crippen LogP contribution in [-0.4, -0.2) is 24.5 Å². The molecule has 152 valence electrons. The number of hydrogen-bond acceptors (Lipinski definition) is 6. The molecule has 0 spiro atoms. The van der Waals surface area contributed by atoms with Crippen molar-refractivity contribution in [1.29, 1.82) is 0 Å². The van der Waals surface area contributed by atoms with Gasteiger partial charge in [-0.1, -0.05) is 60.3 Å². The van der Waals surface area contributed by atoms with Gasteiger partial charge in [0.2, 0.25) is 0 Å². The number of ether oxygens (including phenoxy) is 2. The van der Waals surface area contributed by atoms with Crippen LogP contribution in [0.5, 0.6) is 11.5 Å². The maximum absolute atomic E-state index is 12.2.